The summed E-state index contributed by atoms with van der Waals surface area (Å²) in [7, 11) is 0. The smallest absolute Gasteiger partial charge is 0.257 e. The number of hydrogen-bond acceptors (Lipinski definition) is 1. The fourth-order valence-corrected chi connectivity index (χ4v) is 2.51. The Balaban J connectivity index is 0.000000861. The van der Waals surface area contributed by atoms with E-state index in [4.69, 9.17) is 0 Å². The lowest BCUT2D eigenvalue weighted by atomic mass is 10.1. The molecule has 0 spiro atoms. The summed E-state index contributed by atoms with van der Waals surface area (Å²) in [5, 5.41) is 2.90. The van der Waals surface area contributed by atoms with E-state index in [2.05, 4.69) is 27.9 Å². The van der Waals surface area contributed by atoms with Crippen molar-refractivity contribution in [2.45, 2.75) is 20.8 Å². The highest BCUT2D eigenvalue weighted by Crippen LogP contribution is 2.18. The second-order valence-corrected chi connectivity index (χ2v) is 4.91. The molecule has 19 heavy (non-hydrogen) atoms. The van der Waals surface area contributed by atoms with E-state index >= 15 is 0 Å². The molecule has 0 aliphatic carbocycles. The van der Waals surface area contributed by atoms with Crippen LogP contribution in [0.4, 0.5) is 5.69 Å². The Hall–Kier alpha value is -1.36. The van der Waals surface area contributed by atoms with Crippen LogP contribution in [0.2, 0.25) is 0 Å². The molecule has 1 amide bonds. The molecule has 0 saturated heterocycles. The summed E-state index contributed by atoms with van der Waals surface area (Å²) in [6.07, 6.45) is 0. The van der Waals surface area contributed by atoms with Gasteiger partial charge in [0.15, 0.2) is 0 Å². The van der Waals surface area contributed by atoms with Gasteiger partial charge in [-0.2, -0.15) is 0 Å². The molecule has 0 bridgehead atoms. The summed E-state index contributed by atoms with van der Waals surface area (Å²) < 4.78 is 0.969. The van der Waals surface area contributed by atoms with Crippen molar-refractivity contribution >= 4 is 34.2 Å². The lowest BCUT2D eigenvalue weighted by Crippen LogP contribution is -2.14. The molecule has 0 fully saturated rings. The van der Waals surface area contributed by atoms with Crippen molar-refractivity contribution in [3.8, 4) is 0 Å². The van der Waals surface area contributed by atoms with Crippen LogP contribution in [0.3, 0.4) is 0 Å². The summed E-state index contributed by atoms with van der Waals surface area (Å²) in [6.45, 7) is 5.95. The second-order valence-electron chi connectivity index (χ2n) is 3.75. The Kier molecular flexibility index (Phi) is 6.56. The van der Waals surface area contributed by atoms with Crippen molar-refractivity contribution in [2.75, 3.05) is 5.32 Å². The molecule has 3 heteroatoms. The molecule has 0 aliphatic heterocycles. The Morgan fingerprint density at radius 2 is 1.63 bits per heavy atom. The molecule has 1 N–H and O–H groups in total. The minimum absolute atomic E-state index is 0.0568. The van der Waals surface area contributed by atoms with E-state index in [0.29, 0.717) is 0 Å². The third-order valence-corrected chi connectivity index (χ3v) is 3.38. The van der Waals surface area contributed by atoms with Gasteiger partial charge in [0.25, 0.3) is 5.91 Å². The zero-order valence-corrected chi connectivity index (χ0v) is 13.6. The minimum atomic E-state index is -0.0568. The monoisotopic (exact) mass is 367 g/mol. The molecule has 0 saturated carbocycles. The summed E-state index contributed by atoms with van der Waals surface area (Å²) in [4.78, 5) is 12.1. The van der Waals surface area contributed by atoms with Gasteiger partial charge in [-0.15, -0.1) is 0 Å². The number of halogens is 1. The highest BCUT2D eigenvalue weighted by molar-refractivity contribution is 14.1. The van der Waals surface area contributed by atoms with E-state index in [0.717, 1.165) is 20.4 Å². The number of carbonyl (C=O) groups is 1. The van der Waals surface area contributed by atoms with Gasteiger partial charge in [0.1, 0.15) is 0 Å². The molecule has 2 rings (SSSR count). The van der Waals surface area contributed by atoms with Gasteiger partial charge in [-0.25, -0.2) is 0 Å². The van der Waals surface area contributed by atoms with Gasteiger partial charge >= 0.3 is 0 Å². The molecular weight excluding hydrogens is 349 g/mol. The van der Waals surface area contributed by atoms with Crippen LogP contribution in [0.1, 0.15) is 29.8 Å². The number of amides is 1. The van der Waals surface area contributed by atoms with E-state index in [1.165, 1.54) is 0 Å². The molecule has 2 nitrogen and oxygen atoms in total. The Morgan fingerprint density at radius 1 is 1.00 bits per heavy atom. The van der Waals surface area contributed by atoms with Crippen LogP contribution in [0, 0.1) is 10.5 Å². The first-order valence-corrected chi connectivity index (χ1v) is 7.38. The third-order valence-electron chi connectivity index (χ3n) is 2.48. The number of hydrogen-bond donors (Lipinski definition) is 1. The van der Waals surface area contributed by atoms with Gasteiger partial charge in [0, 0.05) is 9.26 Å². The highest BCUT2D eigenvalue weighted by atomic mass is 127. The summed E-state index contributed by atoms with van der Waals surface area (Å²) in [6, 6.07) is 15.3. The zero-order valence-electron chi connectivity index (χ0n) is 11.4. The van der Waals surface area contributed by atoms with Gasteiger partial charge in [0.05, 0.1) is 5.56 Å². The number of nitrogens with one attached hydrogen (secondary N) is 1. The Labute approximate surface area is 128 Å². The van der Waals surface area contributed by atoms with Gasteiger partial charge in [-0.3, -0.25) is 4.79 Å². The largest absolute Gasteiger partial charge is 0.322 e. The van der Waals surface area contributed by atoms with E-state index < -0.39 is 0 Å². The van der Waals surface area contributed by atoms with Crippen molar-refractivity contribution in [3.05, 3.63) is 63.2 Å². The normalized spacial score (nSPS) is 9.26. The van der Waals surface area contributed by atoms with Crippen molar-refractivity contribution in [1.82, 2.24) is 0 Å². The molecule has 0 radical (unpaired) electrons. The number of para-hydroxylation sites is 1. The predicted octanol–water partition coefficient (Wildman–Crippen LogP) is 4.88. The molecule has 2 aromatic rings. The van der Waals surface area contributed by atoms with Crippen LogP contribution >= 0.6 is 22.6 Å². The first-order valence-electron chi connectivity index (χ1n) is 6.30. The fraction of sp³-hybridized carbons (Fsp3) is 0.188. The first-order chi connectivity index (χ1) is 9.18. The number of carbonyl (C=O) groups excluding carboxylic acids is 1. The maximum Gasteiger partial charge on any atom is 0.257 e. The van der Waals surface area contributed by atoms with Crippen LogP contribution in [0.5, 0.6) is 0 Å². The highest BCUT2D eigenvalue weighted by Gasteiger charge is 2.12. The topological polar surface area (TPSA) is 29.1 Å². The Morgan fingerprint density at radius 3 is 2.21 bits per heavy atom. The fourth-order valence-electron chi connectivity index (χ4n) is 1.63. The van der Waals surface area contributed by atoms with Crippen LogP contribution in [-0.4, -0.2) is 5.91 Å². The van der Waals surface area contributed by atoms with Gasteiger partial charge < -0.3 is 5.32 Å². The van der Waals surface area contributed by atoms with Crippen LogP contribution < -0.4 is 5.32 Å². The lowest BCUT2D eigenvalue weighted by Gasteiger charge is -2.09. The quantitative estimate of drug-likeness (QED) is 0.754. The van der Waals surface area contributed by atoms with E-state index in [-0.39, 0.29) is 5.91 Å². The summed E-state index contributed by atoms with van der Waals surface area (Å²) >= 11 is 2.18. The third kappa shape index (κ3) is 4.35. The maximum absolute atomic E-state index is 12.1. The average Bonchev–Trinajstić information content (AvgIpc) is 2.42. The summed E-state index contributed by atoms with van der Waals surface area (Å²) in [5.74, 6) is -0.0568. The molecule has 0 aromatic heterocycles. The van der Waals surface area contributed by atoms with Crippen molar-refractivity contribution < 1.29 is 4.79 Å². The number of rotatable bonds is 2. The second kappa shape index (κ2) is 7.94. The number of aryl methyl sites for hydroxylation is 1. The Bertz CT molecular complexity index is 517. The average molecular weight is 367 g/mol. The predicted molar refractivity (Wildman–Crippen MR) is 89.6 cm³/mol. The number of benzene rings is 2. The molecule has 0 heterocycles. The van der Waals surface area contributed by atoms with Crippen molar-refractivity contribution in [2.24, 2.45) is 0 Å². The zero-order chi connectivity index (χ0) is 14.3. The van der Waals surface area contributed by atoms with Crippen LogP contribution in [0.25, 0.3) is 0 Å². The lowest BCUT2D eigenvalue weighted by molar-refractivity contribution is 0.102. The molecular formula is C16H18INO. The number of anilines is 1. The molecule has 0 unspecified atom stereocenters. The minimum Gasteiger partial charge on any atom is -0.322 e. The SMILES string of the molecule is CC.Cc1cccc(I)c1C(=O)Nc1ccccc1. The van der Waals surface area contributed by atoms with Crippen molar-refractivity contribution in [1.29, 1.82) is 0 Å². The van der Waals surface area contributed by atoms with E-state index in [1.807, 2.05) is 69.3 Å². The maximum atomic E-state index is 12.1. The van der Waals surface area contributed by atoms with Gasteiger partial charge in [-0.1, -0.05) is 44.2 Å². The first kappa shape index (κ1) is 15.7. The summed E-state index contributed by atoms with van der Waals surface area (Å²) in [5.41, 5.74) is 2.55. The van der Waals surface area contributed by atoms with E-state index in [9.17, 15) is 4.79 Å². The molecule has 2 aromatic carbocycles. The van der Waals surface area contributed by atoms with Gasteiger partial charge in [-0.05, 0) is 53.3 Å². The molecule has 100 valence electrons. The van der Waals surface area contributed by atoms with Crippen LogP contribution in [-0.2, 0) is 0 Å². The molecule has 0 aliphatic rings. The van der Waals surface area contributed by atoms with Gasteiger partial charge in [0.2, 0.25) is 0 Å². The van der Waals surface area contributed by atoms with Crippen LogP contribution in [0.15, 0.2) is 48.5 Å². The van der Waals surface area contributed by atoms with Crippen molar-refractivity contribution in [3.63, 3.8) is 0 Å². The van der Waals surface area contributed by atoms with E-state index in [1.54, 1.807) is 0 Å². The standard InChI is InChI=1S/C14H12INO.C2H6/c1-10-6-5-9-12(15)13(10)14(17)16-11-7-3-2-4-8-11;1-2/h2-9H,1H3,(H,16,17);1-2H3. The molecule has 0 atom stereocenters.